The standard InChI is InChI=1S/C23H23NO/c25-16-8-14-20-13-7-15-23(17-20)24(18-21-9-3-1-4-10-21)19-22-11-5-2-6-12-22/h1-7,9-13,15-17H,8,14,18-19H2. The predicted octanol–water partition coefficient (Wildman–Crippen LogP) is 5.02. The zero-order valence-electron chi connectivity index (χ0n) is 14.3. The maximum Gasteiger partial charge on any atom is 0.120 e. The molecule has 2 nitrogen and oxygen atoms in total. The van der Waals surface area contributed by atoms with Gasteiger partial charge in [0.1, 0.15) is 6.29 Å². The molecule has 0 saturated carbocycles. The van der Waals surface area contributed by atoms with Crippen molar-refractivity contribution in [1.29, 1.82) is 0 Å². The monoisotopic (exact) mass is 329 g/mol. The van der Waals surface area contributed by atoms with Crippen molar-refractivity contribution < 1.29 is 4.79 Å². The molecule has 3 aromatic rings. The molecule has 0 aliphatic heterocycles. The van der Waals surface area contributed by atoms with E-state index < -0.39 is 0 Å². The fraction of sp³-hybridized carbons (Fsp3) is 0.174. The Kier molecular flexibility index (Phi) is 6.00. The molecule has 3 rings (SSSR count). The minimum Gasteiger partial charge on any atom is -0.363 e. The van der Waals surface area contributed by atoms with Crippen molar-refractivity contribution in [3.05, 3.63) is 102 Å². The van der Waals surface area contributed by atoms with E-state index in [9.17, 15) is 4.79 Å². The summed E-state index contributed by atoms with van der Waals surface area (Å²) in [6, 6.07) is 29.6. The van der Waals surface area contributed by atoms with Gasteiger partial charge in [0, 0.05) is 25.2 Å². The van der Waals surface area contributed by atoms with E-state index in [1.807, 2.05) is 12.1 Å². The minimum atomic E-state index is 0.570. The van der Waals surface area contributed by atoms with E-state index in [2.05, 4.69) is 77.7 Å². The van der Waals surface area contributed by atoms with Gasteiger partial charge in [-0.2, -0.15) is 0 Å². The average molecular weight is 329 g/mol. The molecule has 0 heterocycles. The number of rotatable bonds is 8. The van der Waals surface area contributed by atoms with Crippen molar-refractivity contribution in [1.82, 2.24) is 0 Å². The summed E-state index contributed by atoms with van der Waals surface area (Å²) in [5, 5.41) is 0. The van der Waals surface area contributed by atoms with Crippen LogP contribution in [0, 0.1) is 0 Å². The van der Waals surface area contributed by atoms with Gasteiger partial charge in [-0.15, -0.1) is 0 Å². The number of hydrogen-bond acceptors (Lipinski definition) is 2. The first kappa shape index (κ1) is 17.0. The molecule has 3 aromatic carbocycles. The lowest BCUT2D eigenvalue weighted by atomic mass is 10.1. The number of nitrogens with zero attached hydrogens (tertiary/aromatic N) is 1. The number of hydrogen-bond donors (Lipinski definition) is 0. The van der Waals surface area contributed by atoms with Crippen molar-refractivity contribution in [3.63, 3.8) is 0 Å². The van der Waals surface area contributed by atoms with Crippen molar-refractivity contribution in [2.24, 2.45) is 0 Å². The van der Waals surface area contributed by atoms with Gasteiger partial charge in [0.15, 0.2) is 0 Å². The summed E-state index contributed by atoms with van der Waals surface area (Å²) in [6.45, 7) is 1.71. The summed E-state index contributed by atoms with van der Waals surface area (Å²) in [6.07, 6.45) is 2.35. The van der Waals surface area contributed by atoms with Crippen LogP contribution in [0.5, 0.6) is 0 Å². The lowest BCUT2D eigenvalue weighted by Gasteiger charge is -2.26. The molecule has 0 bridgehead atoms. The SMILES string of the molecule is O=CCCc1cccc(N(Cc2ccccc2)Cc2ccccc2)c1. The zero-order valence-corrected chi connectivity index (χ0v) is 14.3. The number of carbonyl (C=O) groups excluding carboxylic acids is 1. The molecule has 0 saturated heterocycles. The summed E-state index contributed by atoms with van der Waals surface area (Å²) in [7, 11) is 0. The number of anilines is 1. The fourth-order valence-corrected chi connectivity index (χ4v) is 2.98. The first-order chi connectivity index (χ1) is 12.3. The summed E-state index contributed by atoms with van der Waals surface area (Å²) in [5.41, 5.74) is 4.97. The molecular formula is C23H23NO. The van der Waals surface area contributed by atoms with E-state index in [1.54, 1.807) is 0 Å². The van der Waals surface area contributed by atoms with Gasteiger partial charge < -0.3 is 9.69 Å². The fourth-order valence-electron chi connectivity index (χ4n) is 2.98. The highest BCUT2D eigenvalue weighted by atomic mass is 16.1. The van der Waals surface area contributed by atoms with Crippen LogP contribution in [0.1, 0.15) is 23.1 Å². The molecule has 0 fully saturated rings. The lowest BCUT2D eigenvalue weighted by Crippen LogP contribution is -2.22. The molecule has 25 heavy (non-hydrogen) atoms. The predicted molar refractivity (Wildman–Crippen MR) is 104 cm³/mol. The Morgan fingerprint density at radius 1 is 0.680 bits per heavy atom. The number of carbonyl (C=O) groups is 1. The summed E-state index contributed by atoms with van der Waals surface area (Å²) < 4.78 is 0. The van der Waals surface area contributed by atoms with Crippen molar-refractivity contribution in [3.8, 4) is 0 Å². The second-order valence-electron chi connectivity index (χ2n) is 6.20. The van der Waals surface area contributed by atoms with Gasteiger partial charge >= 0.3 is 0 Å². The molecular weight excluding hydrogens is 306 g/mol. The highest BCUT2D eigenvalue weighted by Crippen LogP contribution is 2.22. The van der Waals surface area contributed by atoms with Gasteiger partial charge in [0.25, 0.3) is 0 Å². The van der Waals surface area contributed by atoms with Gasteiger partial charge in [-0.25, -0.2) is 0 Å². The lowest BCUT2D eigenvalue weighted by molar-refractivity contribution is -0.107. The minimum absolute atomic E-state index is 0.570. The molecule has 2 heteroatoms. The maximum absolute atomic E-state index is 10.7. The largest absolute Gasteiger partial charge is 0.363 e. The van der Waals surface area contributed by atoms with Gasteiger partial charge in [0.05, 0.1) is 0 Å². The van der Waals surface area contributed by atoms with Crippen LogP contribution in [0.2, 0.25) is 0 Å². The van der Waals surface area contributed by atoms with Gasteiger partial charge in [-0.3, -0.25) is 0 Å². The van der Waals surface area contributed by atoms with E-state index in [-0.39, 0.29) is 0 Å². The van der Waals surface area contributed by atoms with E-state index >= 15 is 0 Å². The first-order valence-corrected chi connectivity index (χ1v) is 8.70. The molecule has 0 spiro atoms. The second kappa shape index (κ2) is 8.84. The highest BCUT2D eigenvalue weighted by Gasteiger charge is 2.09. The molecule has 0 N–H and O–H groups in total. The zero-order chi connectivity index (χ0) is 17.3. The van der Waals surface area contributed by atoms with Crippen LogP contribution in [0.3, 0.4) is 0 Å². The Morgan fingerprint density at radius 2 is 1.24 bits per heavy atom. The van der Waals surface area contributed by atoms with Crippen LogP contribution in [0.25, 0.3) is 0 Å². The molecule has 0 unspecified atom stereocenters. The van der Waals surface area contributed by atoms with Crippen LogP contribution in [-0.2, 0) is 24.3 Å². The Hall–Kier alpha value is -2.87. The molecule has 0 aliphatic carbocycles. The van der Waals surface area contributed by atoms with E-state index in [0.29, 0.717) is 6.42 Å². The second-order valence-corrected chi connectivity index (χ2v) is 6.20. The van der Waals surface area contributed by atoms with Crippen molar-refractivity contribution in [2.75, 3.05) is 4.90 Å². The molecule has 126 valence electrons. The van der Waals surface area contributed by atoms with Gasteiger partial charge in [0.2, 0.25) is 0 Å². The smallest absolute Gasteiger partial charge is 0.120 e. The van der Waals surface area contributed by atoms with Gasteiger partial charge in [-0.05, 0) is 35.2 Å². The third kappa shape index (κ3) is 5.05. The first-order valence-electron chi connectivity index (χ1n) is 8.70. The summed E-state index contributed by atoms with van der Waals surface area (Å²) in [5.74, 6) is 0. The van der Waals surface area contributed by atoms with E-state index in [0.717, 1.165) is 25.8 Å². The Balaban J connectivity index is 1.86. The summed E-state index contributed by atoms with van der Waals surface area (Å²) >= 11 is 0. The Morgan fingerprint density at radius 3 is 1.80 bits per heavy atom. The molecule has 0 radical (unpaired) electrons. The maximum atomic E-state index is 10.7. The van der Waals surface area contributed by atoms with Crippen LogP contribution in [0.4, 0.5) is 5.69 Å². The van der Waals surface area contributed by atoms with Crippen LogP contribution >= 0.6 is 0 Å². The van der Waals surface area contributed by atoms with Crippen LogP contribution in [0.15, 0.2) is 84.9 Å². The van der Waals surface area contributed by atoms with Crippen LogP contribution < -0.4 is 4.90 Å². The third-order valence-corrected chi connectivity index (χ3v) is 4.26. The van der Waals surface area contributed by atoms with Gasteiger partial charge in [-0.1, -0.05) is 72.8 Å². The average Bonchev–Trinajstić information content (AvgIpc) is 2.68. The topological polar surface area (TPSA) is 20.3 Å². The normalized spacial score (nSPS) is 10.4. The highest BCUT2D eigenvalue weighted by molar-refractivity contribution is 5.53. The van der Waals surface area contributed by atoms with E-state index in [4.69, 9.17) is 0 Å². The van der Waals surface area contributed by atoms with Crippen molar-refractivity contribution >= 4 is 12.0 Å². The number of benzene rings is 3. The third-order valence-electron chi connectivity index (χ3n) is 4.26. The Bertz CT molecular complexity index is 742. The number of aryl methyl sites for hydroxylation is 1. The summed E-state index contributed by atoms with van der Waals surface area (Å²) in [4.78, 5) is 13.1. The molecule has 0 aromatic heterocycles. The molecule has 0 atom stereocenters. The Labute approximate surface area is 149 Å². The number of aldehydes is 1. The van der Waals surface area contributed by atoms with Crippen LogP contribution in [-0.4, -0.2) is 6.29 Å². The van der Waals surface area contributed by atoms with E-state index in [1.165, 1.54) is 22.4 Å². The quantitative estimate of drug-likeness (QED) is 0.541. The molecule has 0 aliphatic rings. The van der Waals surface area contributed by atoms with Crippen molar-refractivity contribution in [2.45, 2.75) is 25.9 Å². The molecule has 0 amide bonds.